The van der Waals surface area contributed by atoms with Crippen LogP contribution < -0.4 is 183 Å². The normalized spacial score (nSPS) is 12.1. The van der Waals surface area contributed by atoms with Crippen LogP contribution in [0.15, 0.2) is 204 Å². The summed E-state index contributed by atoms with van der Waals surface area (Å²) in [4.78, 5) is -4.84. The van der Waals surface area contributed by atoms with E-state index < -0.39 is 124 Å². The number of nitrogens with zero attached hydrogens (tertiary/aromatic N) is 8. The van der Waals surface area contributed by atoms with E-state index in [9.17, 15) is 98.2 Å². The van der Waals surface area contributed by atoms with Gasteiger partial charge in [0, 0.05) is 90.0 Å². The maximum atomic E-state index is 12.8. The number of nitrogens with one attached hydrogen (secondary N) is 1. The molecule has 0 bridgehead atoms. The average Bonchev–Trinajstić information content (AvgIpc) is 0.781. The van der Waals surface area contributed by atoms with Crippen LogP contribution in [0.25, 0.3) is 43.1 Å². The first-order valence-corrected chi connectivity index (χ1v) is 33.7. The second-order valence-electron chi connectivity index (χ2n) is 19.6. The van der Waals surface area contributed by atoms with Crippen molar-refractivity contribution in [2.75, 3.05) is 5.32 Å². The molecule has 10 rings (SSSR count). The fourth-order valence-electron chi connectivity index (χ4n) is 9.37. The van der Waals surface area contributed by atoms with Crippen LogP contribution in [0.3, 0.4) is 0 Å². The van der Waals surface area contributed by atoms with Crippen LogP contribution in [0.1, 0.15) is 11.1 Å². The molecule has 0 aliphatic carbocycles. The minimum Gasteiger partial charge on any atom is -0.506 e. The molecule has 0 saturated heterocycles. The zero-order valence-corrected chi connectivity index (χ0v) is 71.0. The molecule has 0 aliphatic rings. The van der Waals surface area contributed by atoms with Crippen molar-refractivity contribution in [3.63, 3.8) is 0 Å². The summed E-state index contributed by atoms with van der Waals surface area (Å²) < 4.78 is 209. The van der Waals surface area contributed by atoms with Crippen LogP contribution in [-0.2, 0) is 94.8 Å². The molecule has 45 heteroatoms. The summed E-state index contributed by atoms with van der Waals surface area (Å²) in [6.45, 7) is 2.89. The fraction of sp³-hybridized carbons (Fsp3) is 0.0370. The number of hydrogen-bond donors (Lipinski definition) is 11. The van der Waals surface area contributed by atoms with Gasteiger partial charge in [-0.15, -0.1) is 20.5 Å². The Kier molecular flexibility index (Phi) is 33.1. The van der Waals surface area contributed by atoms with Crippen LogP contribution in [0, 0.1) is 13.8 Å². The average molecular weight is 1620 g/mol. The molecule has 0 aliphatic heterocycles. The quantitative estimate of drug-likeness (QED) is 0.0244. The summed E-state index contributed by atoms with van der Waals surface area (Å²) >= 11 is 0. The summed E-state index contributed by atoms with van der Waals surface area (Å²) in [6.07, 6.45) is 0. The predicted octanol–water partition coefficient (Wildman–Crippen LogP) is -5.36. The van der Waals surface area contributed by atoms with Gasteiger partial charge in [0.15, 0.2) is 11.5 Å². The van der Waals surface area contributed by atoms with Gasteiger partial charge < -0.3 is 25.7 Å². The van der Waals surface area contributed by atoms with E-state index >= 15 is 0 Å². The molecule has 0 unspecified atom stereocenters. The van der Waals surface area contributed by atoms with Crippen LogP contribution in [0.5, 0.6) is 23.0 Å². The Balaban J connectivity index is 0.00000417. The third-order valence-electron chi connectivity index (χ3n) is 13.5. The second kappa shape index (κ2) is 35.5. The maximum Gasteiger partial charge on any atom is 1.00 e. The smallest absolute Gasteiger partial charge is 0.506 e. The van der Waals surface area contributed by atoms with E-state index in [2.05, 4.69) is 46.2 Å². The number of rotatable bonds is 16. The largest absolute Gasteiger partial charge is 1.00 e. The number of hydrogen-bond acceptors (Lipinski definition) is 25. The summed E-state index contributed by atoms with van der Waals surface area (Å²) in [6, 6.07) is 24.9. The molecule has 0 spiro atoms. The van der Waals surface area contributed by atoms with Crippen LogP contribution >= 0.6 is 0 Å². The third kappa shape index (κ3) is 20.8. The Morgan fingerprint density at radius 3 is 0.929 bits per heavy atom. The van der Waals surface area contributed by atoms with Crippen molar-refractivity contribution in [2.45, 2.75) is 43.2 Å². The Hall–Kier alpha value is -2.86. The zero-order chi connectivity index (χ0) is 66.2. The number of phenolic OH excluding ortho intramolecular Hbond substituents is 4. The van der Waals surface area contributed by atoms with Crippen LogP contribution in [0.4, 0.5) is 56.9 Å². The van der Waals surface area contributed by atoms with Gasteiger partial charge in [-0.2, -0.15) is 71.0 Å². The van der Waals surface area contributed by atoms with E-state index in [0.29, 0.717) is 0 Å². The van der Waals surface area contributed by atoms with Crippen molar-refractivity contribution in [2.24, 2.45) is 40.9 Å². The molecule has 490 valence electrons. The van der Waals surface area contributed by atoms with Gasteiger partial charge in [-0.05, 0) is 133 Å². The molecule has 0 amide bonds. The molecule has 0 fully saturated rings. The van der Waals surface area contributed by atoms with E-state index in [-0.39, 0.29) is 311 Å². The Morgan fingerprint density at radius 2 is 0.616 bits per heavy atom. The number of anilines is 2. The van der Waals surface area contributed by atoms with Crippen molar-refractivity contribution in [3.05, 3.63) is 145 Å². The van der Waals surface area contributed by atoms with E-state index in [0.717, 1.165) is 72.8 Å². The first-order valence-electron chi connectivity index (χ1n) is 25.0. The van der Waals surface area contributed by atoms with Gasteiger partial charge in [-0.3, -0.25) is 27.3 Å². The Bertz CT molecular complexity index is 5410. The second-order valence-corrected chi connectivity index (χ2v) is 28.0. The van der Waals surface area contributed by atoms with Gasteiger partial charge >= 0.3 is 177 Å². The molecule has 99 heavy (non-hydrogen) atoms. The van der Waals surface area contributed by atoms with Crippen LogP contribution in [-0.4, -0.2) is 98.2 Å². The third-order valence-corrected chi connectivity index (χ3v) is 18.9. The molecule has 31 nitrogen and oxygen atoms in total. The van der Waals surface area contributed by atoms with Crippen LogP contribution in [0.2, 0.25) is 0 Å². The Morgan fingerprint density at radius 1 is 0.303 bits per heavy atom. The molecule has 10 aromatic carbocycles. The molecule has 0 heterocycles. The number of aryl methyl sites for hydroxylation is 2. The number of azo groups is 4. The van der Waals surface area contributed by atoms with Gasteiger partial charge in [0.05, 0.1) is 22.7 Å². The van der Waals surface area contributed by atoms with E-state index in [1.54, 1.807) is 0 Å². The fourth-order valence-corrected chi connectivity index (χ4v) is 13.5. The minimum atomic E-state index is -5.21. The summed E-state index contributed by atoms with van der Waals surface area (Å²) in [5.41, 5.74) is -2.22. The summed E-state index contributed by atoms with van der Waals surface area (Å²) in [7, 11) is -30.2. The van der Waals surface area contributed by atoms with E-state index in [4.69, 9.17) is 0 Å². The molecule has 11 N–H and O–H groups in total. The molecule has 0 atom stereocenters. The first-order chi connectivity index (χ1) is 42.3. The standard InChI is InChI=1S/C54H39N9O22S6.2Cu.6Na/c1-25-13-41(43(64)23-39(25)58-56-31-19-37-35(47(21-31)88(74,75)76)5-3-7-45(37)86(68,69)70)60-62-51-49(90(80,81)82)17-27-15-29(9-11-33(27)53(51)66)55-30-10-12-34-28(16-30)18-50(91(83,84)85)52(54(34)67)63-61-42-14-26(2)40(24-44(42)65)59-57-32-20-38-36(48(22-32)89(77,78)79)6-4-8-46(38)87(71,72)73;;;;;;;;/h3-24,55,64-67H,1-2H3,(H,68,69,70)(H,71,72,73)(H,74,75,76)(H,77,78,79)(H,80,81,82)(H,83,84,85);;;;;;;;/q;;;6*+1. The zero-order valence-electron chi connectivity index (χ0n) is 52.2. The van der Waals surface area contributed by atoms with Crippen molar-refractivity contribution >= 4 is 161 Å². The topological polar surface area (TPSA) is 518 Å². The van der Waals surface area contributed by atoms with Crippen molar-refractivity contribution < 1.29 is 310 Å². The van der Waals surface area contributed by atoms with Gasteiger partial charge in [0.1, 0.15) is 63.6 Å². The minimum absolute atomic E-state index is 0. The maximum absolute atomic E-state index is 12.8. The van der Waals surface area contributed by atoms with E-state index in [1.165, 1.54) is 74.5 Å². The van der Waals surface area contributed by atoms with Gasteiger partial charge in [-0.25, -0.2) is 0 Å². The van der Waals surface area contributed by atoms with Crippen molar-refractivity contribution in [1.82, 2.24) is 0 Å². The number of aromatic hydroxyl groups is 4. The van der Waals surface area contributed by atoms with E-state index in [1.807, 2.05) is 0 Å². The molecular weight excluding hydrogens is 1580 g/mol. The van der Waals surface area contributed by atoms with Gasteiger partial charge in [0.2, 0.25) is 0 Å². The Labute approximate surface area is 716 Å². The summed E-state index contributed by atoms with van der Waals surface area (Å²) in [5.74, 6) is -2.93. The number of phenols is 4. The molecular formula is C54H39Cu2N9Na6O22S6+6. The summed E-state index contributed by atoms with van der Waals surface area (Å²) in [5, 5.41) is 77.7. The molecule has 2 radical (unpaired) electrons. The van der Waals surface area contributed by atoms with Crippen molar-refractivity contribution in [1.29, 1.82) is 0 Å². The number of benzene rings is 10. The number of fused-ring (bicyclic) bond motifs is 4. The van der Waals surface area contributed by atoms with Gasteiger partial charge in [-0.1, -0.05) is 24.3 Å². The molecule has 0 aromatic heterocycles. The molecule has 10 aromatic rings. The predicted molar refractivity (Wildman–Crippen MR) is 324 cm³/mol. The monoisotopic (exact) mass is 1620 g/mol. The van der Waals surface area contributed by atoms with Gasteiger partial charge in [0.25, 0.3) is 60.7 Å². The van der Waals surface area contributed by atoms with Crippen molar-refractivity contribution in [3.8, 4) is 23.0 Å². The first kappa shape index (κ1) is 92.2. The molecule has 0 saturated carbocycles. The SMILES string of the molecule is Cc1cc(N=Nc2c(S(=O)(=O)O)cc3cc(Nc4ccc5c(O)c(N=Nc6cc(C)c(N=Nc7cc(S(=O)(=O)O)c8cccc(S(=O)(=O)O)c8c7)cc6O)c(S(=O)(=O)O)cc5c4)ccc3c2O)c(O)cc1N=Nc1cc(S(=O)(=O)O)c2cccc(S(=O)(=O)O)c2c1.[Cu].[Cu].[Na+].[Na+].[Na+].[Na+].[Na+].[Na+].